The molecule has 10 heteroatoms. The molecule has 0 radical (unpaired) electrons. The third-order valence-electron chi connectivity index (χ3n) is 6.61. The summed E-state index contributed by atoms with van der Waals surface area (Å²) < 4.78 is 15.6. The monoisotopic (exact) mass is 466 g/mol. The lowest BCUT2D eigenvalue weighted by atomic mass is 10.1. The van der Waals surface area contributed by atoms with Crippen LogP contribution in [0.3, 0.4) is 0 Å². The molecule has 4 heterocycles. The summed E-state index contributed by atoms with van der Waals surface area (Å²) in [5.74, 6) is 0.263. The number of rotatable bonds is 7. The highest BCUT2D eigenvalue weighted by Crippen LogP contribution is 2.35. The number of allylic oxidation sites excluding steroid dienone is 1. The Morgan fingerprint density at radius 3 is 2.03 bits per heavy atom. The van der Waals surface area contributed by atoms with Crippen LogP contribution in [0.5, 0.6) is 0 Å². The fraction of sp³-hybridized carbons (Fsp3) is 0.583. The van der Waals surface area contributed by atoms with Crippen LogP contribution in [0, 0.1) is 0 Å². The first kappa shape index (κ1) is 23.1. The van der Waals surface area contributed by atoms with Crippen molar-refractivity contribution in [2.24, 2.45) is 0 Å². The van der Waals surface area contributed by atoms with Crippen molar-refractivity contribution in [3.05, 3.63) is 41.7 Å². The number of morpholine rings is 2. The molecule has 2 atom stereocenters. The van der Waals surface area contributed by atoms with Gasteiger partial charge in [0.1, 0.15) is 17.8 Å². The SMILES string of the molecule is C/C=C\c1c(C(C)C)nnn1C(C(N1CCOCC1)n1nnc2ccccc21)N1CCOCC1. The fourth-order valence-electron chi connectivity index (χ4n) is 4.94. The lowest BCUT2D eigenvalue weighted by Gasteiger charge is -2.44. The quantitative estimate of drug-likeness (QED) is 0.525. The highest BCUT2D eigenvalue weighted by molar-refractivity contribution is 5.74. The average Bonchev–Trinajstić information content (AvgIpc) is 3.48. The van der Waals surface area contributed by atoms with Crippen LogP contribution in [0.1, 0.15) is 50.4 Å². The molecule has 3 aromatic rings. The molecule has 0 spiro atoms. The lowest BCUT2D eigenvalue weighted by Crippen LogP contribution is -2.52. The molecular formula is C24H34N8O2. The van der Waals surface area contributed by atoms with Gasteiger partial charge in [0.15, 0.2) is 0 Å². The van der Waals surface area contributed by atoms with E-state index in [1.807, 2.05) is 25.1 Å². The summed E-state index contributed by atoms with van der Waals surface area (Å²) in [5.41, 5.74) is 3.93. The van der Waals surface area contributed by atoms with Crippen molar-refractivity contribution in [3.63, 3.8) is 0 Å². The predicted octanol–water partition coefficient (Wildman–Crippen LogP) is 2.54. The van der Waals surface area contributed by atoms with Crippen molar-refractivity contribution in [1.29, 1.82) is 0 Å². The van der Waals surface area contributed by atoms with Crippen LogP contribution >= 0.6 is 0 Å². The zero-order chi connectivity index (χ0) is 23.5. The van der Waals surface area contributed by atoms with Crippen molar-refractivity contribution in [3.8, 4) is 0 Å². The van der Waals surface area contributed by atoms with E-state index < -0.39 is 0 Å². The second-order valence-electron chi connectivity index (χ2n) is 9.11. The Labute approximate surface area is 200 Å². The molecule has 1 aromatic carbocycles. The third-order valence-corrected chi connectivity index (χ3v) is 6.61. The van der Waals surface area contributed by atoms with Gasteiger partial charge in [-0.05, 0) is 31.1 Å². The van der Waals surface area contributed by atoms with Crippen LogP contribution in [0.15, 0.2) is 30.3 Å². The highest BCUT2D eigenvalue weighted by Gasteiger charge is 2.40. The molecule has 2 unspecified atom stereocenters. The molecule has 10 nitrogen and oxygen atoms in total. The summed E-state index contributed by atoms with van der Waals surface area (Å²) in [5, 5.41) is 18.6. The maximum absolute atomic E-state index is 5.72. The summed E-state index contributed by atoms with van der Waals surface area (Å²) in [6, 6.07) is 8.14. The Hall–Kier alpha value is -2.66. The zero-order valence-electron chi connectivity index (χ0n) is 20.2. The van der Waals surface area contributed by atoms with Gasteiger partial charge in [-0.15, -0.1) is 10.2 Å². The third kappa shape index (κ3) is 4.38. The zero-order valence-corrected chi connectivity index (χ0v) is 20.2. The average molecular weight is 467 g/mol. The number of benzene rings is 1. The van der Waals surface area contributed by atoms with Gasteiger partial charge in [-0.1, -0.05) is 42.5 Å². The molecule has 5 rings (SSSR count). The first-order valence-electron chi connectivity index (χ1n) is 12.2. The molecule has 34 heavy (non-hydrogen) atoms. The molecule has 2 saturated heterocycles. The van der Waals surface area contributed by atoms with E-state index in [4.69, 9.17) is 14.7 Å². The van der Waals surface area contributed by atoms with E-state index in [-0.39, 0.29) is 18.2 Å². The molecule has 2 aliphatic heterocycles. The molecule has 2 aliphatic rings. The fourth-order valence-corrected chi connectivity index (χ4v) is 4.94. The number of nitrogens with zero attached hydrogens (tertiary/aromatic N) is 8. The Morgan fingerprint density at radius 1 is 0.824 bits per heavy atom. The predicted molar refractivity (Wildman–Crippen MR) is 129 cm³/mol. The van der Waals surface area contributed by atoms with Crippen LogP contribution < -0.4 is 0 Å². The smallest absolute Gasteiger partial charge is 0.143 e. The van der Waals surface area contributed by atoms with Crippen molar-refractivity contribution in [1.82, 2.24) is 39.8 Å². The second-order valence-corrected chi connectivity index (χ2v) is 9.11. The Bertz CT molecular complexity index is 1110. The summed E-state index contributed by atoms with van der Waals surface area (Å²) in [7, 11) is 0. The van der Waals surface area contributed by atoms with E-state index in [1.54, 1.807) is 0 Å². The van der Waals surface area contributed by atoms with E-state index in [9.17, 15) is 0 Å². The van der Waals surface area contributed by atoms with Gasteiger partial charge in [-0.2, -0.15) is 0 Å². The van der Waals surface area contributed by atoms with Gasteiger partial charge in [0.2, 0.25) is 0 Å². The van der Waals surface area contributed by atoms with Gasteiger partial charge >= 0.3 is 0 Å². The Balaban J connectivity index is 1.70. The molecule has 182 valence electrons. The van der Waals surface area contributed by atoms with Crippen molar-refractivity contribution in [2.45, 2.75) is 39.0 Å². The van der Waals surface area contributed by atoms with E-state index in [0.29, 0.717) is 26.4 Å². The van der Waals surface area contributed by atoms with Crippen LogP contribution in [-0.2, 0) is 9.47 Å². The van der Waals surface area contributed by atoms with E-state index >= 15 is 0 Å². The number of hydrogen-bond donors (Lipinski definition) is 0. The van der Waals surface area contributed by atoms with Crippen LogP contribution in [0.2, 0.25) is 0 Å². The Kier molecular flexibility index (Phi) is 7.00. The van der Waals surface area contributed by atoms with E-state index in [2.05, 4.69) is 66.6 Å². The van der Waals surface area contributed by atoms with E-state index in [0.717, 1.165) is 48.6 Å². The van der Waals surface area contributed by atoms with Gasteiger partial charge in [-0.3, -0.25) is 9.80 Å². The highest BCUT2D eigenvalue weighted by atomic mass is 16.5. The first-order valence-corrected chi connectivity index (χ1v) is 12.2. The summed E-state index contributed by atoms with van der Waals surface area (Å²) >= 11 is 0. The van der Waals surface area contributed by atoms with Gasteiger partial charge in [0.25, 0.3) is 0 Å². The minimum Gasteiger partial charge on any atom is -0.379 e. The first-order chi connectivity index (χ1) is 16.7. The maximum Gasteiger partial charge on any atom is 0.143 e. The molecule has 2 fully saturated rings. The molecule has 0 bridgehead atoms. The van der Waals surface area contributed by atoms with Crippen molar-refractivity contribution < 1.29 is 9.47 Å². The molecule has 0 saturated carbocycles. The summed E-state index contributed by atoms with van der Waals surface area (Å²) in [4.78, 5) is 4.90. The molecular weight excluding hydrogens is 432 g/mol. The maximum atomic E-state index is 5.72. The normalized spacial score (nSPS) is 20.5. The number of para-hydroxylation sites is 1. The minimum absolute atomic E-state index is 0.139. The van der Waals surface area contributed by atoms with Gasteiger partial charge < -0.3 is 9.47 Å². The standard InChI is InChI=1S/C24H34N8O2/c1-4-7-21-22(18(2)3)26-28-32(21)24(30-12-16-34-17-13-30)23(29-10-14-33-15-11-29)31-20-9-6-5-8-19(20)25-27-31/h4-9,18,23-24H,10-17H2,1-3H3/b7-4-. The number of fused-ring (bicyclic) bond motifs is 1. The van der Waals surface area contributed by atoms with Crippen LogP contribution in [-0.4, -0.2) is 92.4 Å². The molecule has 0 aliphatic carbocycles. The van der Waals surface area contributed by atoms with Crippen molar-refractivity contribution in [2.75, 3.05) is 52.6 Å². The number of hydrogen-bond acceptors (Lipinski definition) is 8. The second kappa shape index (κ2) is 10.3. The molecule has 2 aromatic heterocycles. The largest absolute Gasteiger partial charge is 0.379 e. The lowest BCUT2D eigenvalue weighted by molar-refractivity contribution is -0.0857. The van der Waals surface area contributed by atoms with Gasteiger partial charge in [0.05, 0.1) is 43.3 Å². The molecule has 0 amide bonds. The minimum atomic E-state index is -0.140. The number of ether oxygens (including phenoxy) is 2. The van der Waals surface area contributed by atoms with Crippen LogP contribution in [0.25, 0.3) is 17.1 Å². The number of aromatic nitrogens is 6. The summed E-state index contributed by atoms with van der Waals surface area (Å²) in [6.45, 7) is 12.4. The molecule has 0 N–H and O–H groups in total. The summed E-state index contributed by atoms with van der Waals surface area (Å²) in [6.07, 6.45) is 3.91. The Morgan fingerprint density at radius 2 is 1.41 bits per heavy atom. The van der Waals surface area contributed by atoms with Gasteiger partial charge in [0, 0.05) is 26.2 Å². The van der Waals surface area contributed by atoms with Gasteiger partial charge in [-0.25, -0.2) is 9.36 Å². The topological polar surface area (TPSA) is 86.4 Å². The van der Waals surface area contributed by atoms with Crippen molar-refractivity contribution >= 4 is 17.1 Å². The van der Waals surface area contributed by atoms with E-state index in [1.165, 1.54) is 0 Å². The van der Waals surface area contributed by atoms with Crippen LogP contribution in [0.4, 0.5) is 0 Å².